The number of hydrogen-bond donors (Lipinski definition) is 0. The van der Waals surface area contributed by atoms with E-state index in [1.807, 2.05) is 24.3 Å². The number of rotatable bonds is 2. The average molecular weight is 223 g/mol. The Labute approximate surface area is 95.4 Å². The van der Waals surface area contributed by atoms with Gasteiger partial charge in [-0.1, -0.05) is 36.2 Å². The maximum Gasteiger partial charge on any atom is 0.136 e. The Hall–Kier alpha value is -0.820. The Morgan fingerprint density at radius 2 is 2.07 bits per heavy atom. The molecule has 1 fully saturated rings. The smallest absolute Gasteiger partial charge is 0.136 e. The lowest BCUT2D eigenvalue weighted by atomic mass is 9.84. The Bertz CT molecular complexity index is 359. The van der Waals surface area contributed by atoms with Gasteiger partial charge >= 0.3 is 0 Å². The Morgan fingerprint density at radius 1 is 1.27 bits per heavy atom. The molecule has 1 atom stereocenters. The minimum Gasteiger partial charge on any atom is -0.299 e. The second-order valence-corrected chi connectivity index (χ2v) is 4.61. The summed E-state index contributed by atoms with van der Waals surface area (Å²) in [5.74, 6) is 0.625. The van der Waals surface area contributed by atoms with Crippen molar-refractivity contribution in [1.82, 2.24) is 0 Å². The minimum absolute atomic E-state index is 0.207. The van der Waals surface area contributed by atoms with Gasteiger partial charge in [0.25, 0.3) is 0 Å². The molecule has 1 aliphatic carbocycles. The third kappa shape index (κ3) is 2.60. The van der Waals surface area contributed by atoms with Crippen molar-refractivity contribution in [1.29, 1.82) is 0 Å². The molecule has 0 unspecified atom stereocenters. The Morgan fingerprint density at radius 3 is 2.80 bits per heavy atom. The lowest BCUT2D eigenvalue weighted by Gasteiger charge is -2.20. The number of halogens is 1. The number of Topliss-reactive ketones (excluding diaryl/α,β-unsaturated/α-hetero) is 1. The van der Waals surface area contributed by atoms with Crippen molar-refractivity contribution in [3.05, 3.63) is 34.9 Å². The van der Waals surface area contributed by atoms with Crippen LogP contribution in [0.3, 0.4) is 0 Å². The second kappa shape index (κ2) is 4.80. The summed E-state index contributed by atoms with van der Waals surface area (Å²) in [6.07, 6.45) is 4.86. The van der Waals surface area contributed by atoms with Crippen molar-refractivity contribution in [3.63, 3.8) is 0 Å². The highest BCUT2D eigenvalue weighted by atomic mass is 35.5. The largest absolute Gasteiger partial charge is 0.299 e. The van der Waals surface area contributed by atoms with Gasteiger partial charge in [-0.25, -0.2) is 0 Å². The van der Waals surface area contributed by atoms with Crippen molar-refractivity contribution >= 4 is 17.4 Å². The maximum absolute atomic E-state index is 11.7. The van der Waals surface area contributed by atoms with Crippen LogP contribution < -0.4 is 0 Å². The van der Waals surface area contributed by atoms with Gasteiger partial charge in [0.2, 0.25) is 0 Å². The lowest BCUT2D eigenvalue weighted by molar-refractivity contribution is -0.124. The molecule has 0 amide bonds. The average Bonchev–Trinajstić information content (AvgIpc) is 2.24. The Kier molecular flexibility index (Phi) is 3.42. The summed E-state index contributed by atoms with van der Waals surface area (Å²) in [5, 5.41) is 0.788. The number of benzene rings is 1. The molecule has 0 spiro atoms. The maximum atomic E-state index is 11.7. The number of carbonyl (C=O) groups excluding carboxylic acids is 1. The molecular weight excluding hydrogens is 208 g/mol. The number of ketones is 1. The van der Waals surface area contributed by atoms with Crippen LogP contribution in [0.25, 0.3) is 0 Å². The summed E-state index contributed by atoms with van der Waals surface area (Å²) in [6, 6.07) is 7.82. The van der Waals surface area contributed by atoms with E-state index in [9.17, 15) is 4.79 Å². The summed E-state index contributed by atoms with van der Waals surface area (Å²) < 4.78 is 0. The second-order valence-electron chi connectivity index (χ2n) is 4.20. The SMILES string of the molecule is O=C1CCCC[C@@H]1Cc1ccccc1Cl. The monoisotopic (exact) mass is 222 g/mol. The highest BCUT2D eigenvalue weighted by Gasteiger charge is 2.22. The van der Waals surface area contributed by atoms with Crippen molar-refractivity contribution < 1.29 is 4.79 Å². The van der Waals surface area contributed by atoms with Crippen LogP contribution in [-0.4, -0.2) is 5.78 Å². The van der Waals surface area contributed by atoms with Gasteiger partial charge in [0.05, 0.1) is 0 Å². The van der Waals surface area contributed by atoms with Crippen molar-refractivity contribution in [3.8, 4) is 0 Å². The van der Waals surface area contributed by atoms with E-state index >= 15 is 0 Å². The van der Waals surface area contributed by atoms with Gasteiger partial charge in [-0.15, -0.1) is 0 Å². The van der Waals surface area contributed by atoms with Crippen LogP contribution in [0.2, 0.25) is 5.02 Å². The van der Waals surface area contributed by atoms with Crippen molar-refractivity contribution in [2.45, 2.75) is 32.1 Å². The first kappa shape index (κ1) is 10.7. The Balaban J connectivity index is 2.08. The van der Waals surface area contributed by atoms with E-state index in [0.29, 0.717) is 5.78 Å². The first-order valence-corrected chi connectivity index (χ1v) is 5.91. The summed E-state index contributed by atoms with van der Waals surface area (Å²) in [4.78, 5) is 11.7. The van der Waals surface area contributed by atoms with Crippen LogP contribution in [0.4, 0.5) is 0 Å². The fraction of sp³-hybridized carbons (Fsp3) is 0.462. The first-order valence-electron chi connectivity index (χ1n) is 5.53. The molecule has 2 heteroatoms. The van der Waals surface area contributed by atoms with Crippen LogP contribution in [0, 0.1) is 5.92 Å². The zero-order chi connectivity index (χ0) is 10.7. The van der Waals surface area contributed by atoms with E-state index in [1.165, 1.54) is 6.42 Å². The van der Waals surface area contributed by atoms with Gasteiger partial charge in [-0.2, -0.15) is 0 Å². The summed E-state index contributed by atoms with van der Waals surface area (Å²) in [5.41, 5.74) is 1.11. The zero-order valence-electron chi connectivity index (χ0n) is 8.71. The predicted molar refractivity (Wildman–Crippen MR) is 62.1 cm³/mol. The minimum atomic E-state index is 0.207. The fourth-order valence-corrected chi connectivity index (χ4v) is 2.41. The molecule has 0 saturated heterocycles. The molecule has 0 N–H and O–H groups in total. The van der Waals surface area contributed by atoms with Gasteiger partial charge in [-0.3, -0.25) is 4.79 Å². The molecule has 0 bridgehead atoms. The highest BCUT2D eigenvalue weighted by molar-refractivity contribution is 6.31. The van der Waals surface area contributed by atoms with Gasteiger partial charge in [0, 0.05) is 17.4 Å². The molecule has 15 heavy (non-hydrogen) atoms. The highest BCUT2D eigenvalue weighted by Crippen LogP contribution is 2.26. The molecule has 80 valence electrons. The molecule has 1 saturated carbocycles. The third-order valence-corrected chi connectivity index (χ3v) is 3.47. The van der Waals surface area contributed by atoms with E-state index < -0.39 is 0 Å². The molecule has 1 aromatic carbocycles. The topological polar surface area (TPSA) is 17.1 Å². The summed E-state index contributed by atoms with van der Waals surface area (Å²) in [7, 11) is 0. The first-order chi connectivity index (χ1) is 7.27. The molecule has 1 aromatic rings. The predicted octanol–water partition coefficient (Wildman–Crippen LogP) is 3.64. The molecular formula is C13H15ClO. The molecule has 2 rings (SSSR count). The molecule has 0 aliphatic heterocycles. The van der Waals surface area contributed by atoms with E-state index in [4.69, 9.17) is 11.6 Å². The van der Waals surface area contributed by atoms with Crippen LogP contribution in [0.5, 0.6) is 0 Å². The van der Waals surface area contributed by atoms with E-state index in [2.05, 4.69) is 0 Å². The summed E-state index contributed by atoms with van der Waals surface area (Å²) >= 11 is 6.08. The van der Waals surface area contributed by atoms with Crippen LogP contribution in [0.1, 0.15) is 31.2 Å². The molecule has 1 nitrogen and oxygen atoms in total. The van der Waals surface area contributed by atoms with Gasteiger partial charge in [-0.05, 0) is 30.9 Å². The molecule has 0 heterocycles. The van der Waals surface area contributed by atoms with Gasteiger partial charge in [0.1, 0.15) is 5.78 Å². The van der Waals surface area contributed by atoms with Crippen LogP contribution >= 0.6 is 11.6 Å². The van der Waals surface area contributed by atoms with Crippen molar-refractivity contribution in [2.24, 2.45) is 5.92 Å². The number of carbonyl (C=O) groups is 1. The van der Waals surface area contributed by atoms with Crippen LogP contribution in [-0.2, 0) is 11.2 Å². The zero-order valence-corrected chi connectivity index (χ0v) is 9.46. The number of hydrogen-bond acceptors (Lipinski definition) is 1. The van der Waals surface area contributed by atoms with E-state index in [0.717, 1.165) is 36.3 Å². The molecule has 0 radical (unpaired) electrons. The van der Waals surface area contributed by atoms with Gasteiger partial charge in [0.15, 0.2) is 0 Å². The summed E-state index contributed by atoms with van der Waals surface area (Å²) in [6.45, 7) is 0. The van der Waals surface area contributed by atoms with E-state index in [1.54, 1.807) is 0 Å². The van der Waals surface area contributed by atoms with Crippen LogP contribution in [0.15, 0.2) is 24.3 Å². The molecule has 0 aromatic heterocycles. The fourth-order valence-electron chi connectivity index (χ4n) is 2.20. The standard InChI is InChI=1S/C13H15ClO/c14-12-7-3-1-5-10(12)9-11-6-2-4-8-13(11)15/h1,3,5,7,11H,2,4,6,8-9H2/t11-/m1/s1. The van der Waals surface area contributed by atoms with Crippen molar-refractivity contribution in [2.75, 3.05) is 0 Å². The lowest BCUT2D eigenvalue weighted by Crippen LogP contribution is -2.21. The normalized spacial score (nSPS) is 21.7. The quantitative estimate of drug-likeness (QED) is 0.747. The van der Waals surface area contributed by atoms with Gasteiger partial charge < -0.3 is 0 Å². The third-order valence-electron chi connectivity index (χ3n) is 3.11. The van der Waals surface area contributed by atoms with E-state index in [-0.39, 0.29) is 5.92 Å². The molecule has 1 aliphatic rings.